The van der Waals surface area contributed by atoms with Crippen LogP contribution < -0.4 is 11.0 Å². The van der Waals surface area contributed by atoms with Gasteiger partial charge in [0.05, 0.1) is 11.2 Å². The van der Waals surface area contributed by atoms with Gasteiger partial charge >= 0.3 is 7.12 Å². The van der Waals surface area contributed by atoms with Crippen molar-refractivity contribution in [3.63, 3.8) is 0 Å². The molecule has 1 heterocycles. The van der Waals surface area contributed by atoms with E-state index >= 15 is 0 Å². The minimum absolute atomic E-state index is 0.377. The first-order chi connectivity index (χ1) is 11.4. The summed E-state index contributed by atoms with van der Waals surface area (Å²) in [5.74, 6) is -1.84. The molecule has 0 saturated carbocycles. The quantitative estimate of drug-likeness (QED) is 0.635. The largest absolute Gasteiger partial charge is 0.495 e. The number of alkyl halides is 2. The molecule has 1 aromatic carbocycles. The van der Waals surface area contributed by atoms with Gasteiger partial charge in [0.15, 0.2) is 0 Å². The third kappa shape index (κ3) is 3.16. The van der Waals surface area contributed by atoms with Crippen molar-refractivity contribution >= 4 is 18.5 Å². The number of carbonyl (C=O) groups is 1. The molecule has 1 unspecified atom stereocenters. The standard InChI is InChI=1S/C16H21BF3NO4/c1-9-6-7-10(16(23,12(18)19)13(22)21-20)8-11(9)17-24-14(2,3)15(4,5)25-17/h6-8,12,23H,1-5H3,(H,21,22). The molecule has 2 rings (SSSR count). The molecule has 0 aromatic heterocycles. The van der Waals surface area contributed by atoms with E-state index in [9.17, 15) is 23.2 Å². The smallest absolute Gasteiger partial charge is 0.399 e. The van der Waals surface area contributed by atoms with Gasteiger partial charge in [-0.3, -0.25) is 4.79 Å². The first kappa shape index (κ1) is 19.7. The first-order valence-corrected chi connectivity index (χ1v) is 7.75. The molecule has 1 atom stereocenters. The maximum Gasteiger partial charge on any atom is 0.495 e. The highest BCUT2D eigenvalue weighted by Crippen LogP contribution is 2.37. The monoisotopic (exact) mass is 359 g/mol. The first-order valence-electron chi connectivity index (χ1n) is 7.75. The van der Waals surface area contributed by atoms with Gasteiger partial charge in [0.2, 0.25) is 5.60 Å². The van der Waals surface area contributed by atoms with E-state index in [4.69, 9.17) is 9.31 Å². The summed E-state index contributed by atoms with van der Waals surface area (Å²) in [6, 6.07) is 3.76. The molecule has 0 spiro atoms. The Hall–Kier alpha value is -1.58. The molecular weight excluding hydrogens is 338 g/mol. The zero-order valence-corrected chi connectivity index (χ0v) is 14.7. The molecule has 138 valence electrons. The molecule has 0 bridgehead atoms. The predicted molar refractivity (Wildman–Crippen MR) is 86.0 cm³/mol. The molecule has 1 aliphatic heterocycles. The summed E-state index contributed by atoms with van der Waals surface area (Å²) in [7, 11) is -0.875. The van der Waals surface area contributed by atoms with E-state index in [1.54, 1.807) is 6.92 Å². The van der Waals surface area contributed by atoms with E-state index < -0.39 is 41.8 Å². The molecule has 9 heteroatoms. The minimum Gasteiger partial charge on any atom is -0.399 e. The van der Waals surface area contributed by atoms with E-state index in [1.807, 2.05) is 27.7 Å². The van der Waals surface area contributed by atoms with E-state index in [2.05, 4.69) is 0 Å². The zero-order valence-electron chi connectivity index (χ0n) is 14.7. The fraction of sp³-hybridized carbons (Fsp3) is 0.562. The lowest BCUT2D eigenvalue weighted by Crippen LogP contribution is -2.48. The van der Waals surface area contributed by atoms with Crippen molar-refractivity contribution in [2.75, 3.05) is 0 Å². The summed E-state index contributed by atoms with van der Waals surface area (Å²) in [6.45, 7) is 9.04. The number of hydrogen-bond acceptors (Lipinski definition) is 4. The molecule has 2 N–H and O–H groups in total. The average molecular weight is 359 g/mol. The van der Waals surface area contributed by atoms with Crippen LogP contribution in [0, 0.1) is 6.92 Å². The molecule has 5 nitrogen and oxygen atoms in total. The van der Waals surface area contributed by atoms with Crippen LogP contribution in [-0.2, 0) is 19.7 Å². The number of hydrogen-bond donors (Lipinski definition) is 2. The van der Waals surface area contributed by atoms with E-state index in [1.165, 1.54) is 12.1 Å². The van der Waals surface area contributed by atoms with Crippen molar-refractivity contribution < 1.29 is 32.5 Å². The molecular formula is C16H21BF3NO4. The van der Waals surface area contributed by atoms with Gasteiger partial charge in [0, 0.05) is 0 Å². The number of amides is 1. The van der Waals surface area contributed by atoms with Crippen LogP contribution in [0.15, 0.2) is 18.2 Å². The number of halogens is 3. The molecule has 1 amide bonds. The highest BCUT2D eigenvalue weighted by Gasteiger charge is 2.53. The fourth-order valence-electron chi connectivity index (χ4n) is 2.53. The molecule has 25 heavy (non-hydrogen) atoms. The summed E-state index contributed by atoms with van der Waals surface area (Å²) in [4.78, 5) is 11.5. The topological polar surface area (TPSA) is 67.8 Å². The lowest BCUT2D eigenvalue weighted by Gasteiger charge is -2.32. The van der Waals surface area contributed by atoms with Crippen LogP contribution in [0.3, 0.4) is 0 Å². The maximum atomic E-state index is 13.3. The second-order valence-corrected chi connectivity index (χ2v) is 7.15. The van der Waals surface area contributed by atoms with Gasteiger partial charge in [-0.15, -0.1) is 4.48 Å². The molecule has 1 saturated heterocycles. The second-order valence-electron chi connectivity index (χ2n) is 7.15. The number of nitrogens with one attached hydrogen (secondary N) is 1. The number of aliphatic hydroxyl groups is 1. The lowest BCUT2D eigenvalue weighted by atomic mass is 9.74. The van der Waals surface area contributed by atoms with Crippen molar-refractivity contribution in [2.45, 2.75) is 57.8 Å². The summed E-state index contributed by atoms with van der Waals surface area (Å²) in [6.07, 6.45) is -3.53. The van der Waals surface area contributed by atoms with E-state index in [0.717, 1.165) is 6.07 Å². The van der Waals surface area contributed by atoms with Crippen LogP contribution in [0.2, 0.25) is 0 Å². The van der Waals surface area contributed by atoms with Gasteiger partial charge in [0.25, 0.3) is 12.3 Å². The Balaban J connectivity index is 2.50. The highest BCUT2D eigenvalue weighted by molar-refractivity contribution is 6.62. The number of benzene rings is 1. The van der Waals surface area contributed by atoms with Gasteiger partial charge in [-0.25, -0.2) is 8.78 Å². The van der Waals surface area contributed by atoms with Crippen LogP contribution in [-0.4, -0.2) is 35.8 Å². The second kappa shape index (κ2) is 6.30. The minimum atomic E-state index is -3.53. The Labute approximate surface area is 144 Å². The van der Waals surface area contributed by atoms with Gasteiger partial charge in [-0.05, 0) is 45.6 Å². The Morgan fingerprint density at radius 3 is 2.20 bits per heavy atom. The molecule has 0 aliphatic carbocycles. The van der Waals surface area contributed by atoms with Gasteiger partial charge in [0.1, 0.15) is 0 Å². The SMILES string of the molecule is Cc1ccc(C(O)(C(=O)NF)C(F)F)cc1B1OC(C)(C)C(C)(C)O1. The highest BCUT2D eigenvalue weighted by atomic mass is 19.3. The Morgan fingerprint density at radius 2 is 1.76 bits per heavy atom. The van der Waals surface area contributed by atoms with Crippen molar-refractivity contribution in [2.24, 2.45) is 0 Å². The number of carbonyl (C=O) groups excluding carboxylic acids is 1. The Kier molecular flexibility index (Phi) is 4.98. The van der Waals surface area contributed by atoms with E-state index in [0.29, 0.717) is 16.6 Å². The number of aryl methyl sites for hydroxylation is 1. The fourth-order valence-corrected chi connectivity index (χ4v) is 2.53. The van der Waals surface area contributed by atoms with Crippen molar-refractivity contribution in [1.82, 2.24) is 5.54 Å². The summed E-state index contributed by atoms with van der Waals surface area (Å²) >= 11 is 0. The molecule has 1 aliphatic rings. The van der Waals surface area contributed by atoms with E-state index in [-0.39, 0.29) is 0 Å². The Morgan fingerprint density at radius 1 is 1.24 bits per heavy atom. The molecule has 0 radical (unpaired) electrons. The van der Waals surface area contributed by atoms with Gasteiger partial charge in [-0.2, -0.15) is 5.54 Å². The Bertz CT molecular complexity index is 667. The van der Waals surface area contributed by atoms with Gasteiger partial charge < -0.3 is 14.4 Å². The molecule has 1 aromatic rings. The summed E-state index contributed by atoms with van der Waals surface area (Å²) < 4.78 is 50.9. The normalized spacial score (nSPS) is 21.3. The van der Waals surface area contributed by atoms with Crippen molar-refractivity contribution in [3.05, 3.63) is 29.3 Å². The van der Waals surface area contributed by atoms with Crippen molar-refractivity contribution in [3.8, 4) is 0 Å². The summed E-state index contributed by atoms with van der Waals surface area (Å²) in [5.41, 5.74) is -3.47. The maximum absolute atomic E-state index is 13.3. The van der Waals surface area contributed by atoms with Crippen LogP contribution in [0.1, 0.15) is 38.8 Å². The summed E-state index contributed by atoms with van der Waals surface area (Å²) in [5, 5.41) is 10.1. The van der Waals surface area contributed by atoms with Crippen molar-refractivity contribution in [1.29, 1.82) is 0 Å². The average Bonchev–Trinajstić information content (AvgIpc) is 2.73. The lowest BCUT2D eigenvalue weighted by molar-refractivity contribution is -0.164. The van der Waals surface area contributed by atoms with Crippen LogP contribution in [0.5, 0.6) is 0 Å². The van der Waals surface area contributed by atoms with Gasteiger partial charge in [-0.1, -0.05) is 23.8 Å². The zero-order chi connectivity index (χ0) is 19.2. The molecule has 1 fully saturated rings. The third-order valence-electron chi connectivity index (χ3n) is 4.97. The van der Waals surface area contributed by atoms with Crippen LogP contribution >= 0.6 is 0 Å². The van der Waals surface area contributed by atoms with Crippen LogP contribution in [0.25, 0.3) is 0 Å². The number of rotatable bonds is 4. The predicted octanol–water partition coefficient (Wildman–Crippen LogP) is 1.75. The third-order valence-corrected chi connectivity index (χ3v) is 4.97. The van der Waals surface area contributed by atoms with Crippen LogP contribution in [0.4, 0.5) is 13.3 Å².